The van der Waals surface area contributed by atoms with Crippen LogP contribution in [0.4, 0.5) is 5.13 Å². The minimum Gasteiger partial charge on any atom is -0.496 e. The zero-order valence-corrected chi connectivity index (χ0v) is 14.2. The fourth-order valence-corrected chi connectivity index (χ4v) is 3.95. The molecule has 2 heterocycles. The first-order valence-corrected chi connectivity index (χ1v) is 8.50. The lowest BCUT2D eigenvalue weighted by molar-refractivity contribution is 0.0996. The molecule has 0 unspecified atom stereocenters. The highest BCUT2D eigenvalue weighted by Crippen LogP contribution is 2.40. The summed E-state index contributed by atoms with van der Waals surface area (Å²) in [6, 6.07) is 7.53. The van der Waals surface area contributed by atoms with Crippen LogP contribution >= 0.6 is 11.3 Å². The van der Waals surface area contributed by atoms with Crippen molar-refractivity contribution in [1.82, 2.24) is 4.98 Å². The van der Waals surface area contributed by atoms with Crippen LogP contribution < -0.4 is 10.1 Å². The monoisotopic (exact) mass is 340 g/mol. The van der Waals surface area contributed by atoms with Crippen LogP contribution in [-0.4, -0.2) is 18.0 Å². The van der Waals surface area contributed by atoms with Gasteiger partial charge in [0, 0.05) is 10.4 Å². The topological polar surface area (TPSA) is 64.4 Å². The van der Waals surface area contributed by atoms with Gasteiger partial charge in [0.2, 0.25) is 0 Å². The second-order valence-corrected chi connectivity index (χ2v) is 6.78. The molecule has 5 nitrogen and oxygen atoms in total. The van der Waals surface area contributed by atoms with Crippen LogP contribution in [0.5, 0.6) is 5.75 Å². The molecule has 2 aromatic heterocycles. The number of nitrogens with one attached hydrogen (secondary N) is 1. The summed E-state index contributed by atoms with van der Waals surface area (Å²) in [6.07, 6.45) is 3.35. The second kappa shape index (κ2) is 5.79. The lowest BCUT2D eigenvalue weighted by Crippen LogP contribution is -2.10. The van der Waals surface area contributed by atoms with E-state index in [9.17, 15) is 4.79 Å². The van der Waals surface area contributed by atoms with Gasteiger partial charge in [0.05, 0.1) is 19.1 Å². The van der Waals surface area contributed by atoms with Crippen molar-refractivity contribution in [1.29, 1.82) is 0 Å². The van der Waals surface area contributed by atoms with Gasteiger partial charge in [-0.2, -0.15) is 0 Å². The van der Waals surface area contributed by atoms with Crippen molar-refractivity contribution in [3.63, 3.8) is 0 Å². The zero-order chi connectivity index (χ0) is 16.7. The highest BCUT2D eigenvalue weighted by molar-refractivity contribution is 7.16. The van der Waals surface area contributed by atoms with E-state index in [0.717, 1.165) is 35.4 Å². The first-order chi connectivity index (χ1) is 11.7. The molecule has 0 radical (unpaired) electrons. The number of aryl methyl sites for hydroxylation is 3. The van der Waals surface area contributed by atoms with Crippen molar-refractivity contribution in [3.8, 4) is 17.0 Å². The number of hydrogen-bond donors (Lipinski definition) is 1. The number of aromatic nitrogens is 1. The summed E-state index contributed by atoms with van der Waals surface area (Å²) in [5.41, 5.74) is 4.41. The Morgan fingerprint density at radius 1 is 1.38 bits per heavy atom. The lowest BCUT2D eigenvalue weighted by Gasteiger charge is -2.17. The van der Waals surface area contributed by atoms with E-state index in [1.165, 1.54) is 28.0 Å². The Morgan fingerprint density at radius 2 is 2.25 bits per heavy atom. The van der Waals surface area contributed by atoms with Crippen LogP contribution in [0.25, 0.3) is 11.3 Å². The molecule has 0 spiro atoms. The number of amides is 1. The maximum absolute atomic E-state index is 12.1. The van der Waals surface area contributed by atoms with Gasteiger partial charge >= 0.3 is 0 Å². The number of hydrogen-bond acceptors (Lipinski definition) is 5. The maximum Gasteiger partial charge on any atom is 0.293 e. The summed E-state index contributed by atoms with van der Waals surface area (Å²) in [6.45, 7) is 2.03. The minimum absolute atomic E-state index is 0.280. The zero-order valence-electron chi connectivity index (χ0n) is 13.4. The quantitative estimate of drug-likeness (QED) is 0.780. The van der Waals surface area contributed by atoms with Crippen molar-refractivity contribution >= 4 is 22.4 Å². The summed E-state index contributed by atoms with van der Waals surface area (Å²) in [5, 5.41) is 3.42. The van der Waals surface area contributed by atoms with Gasteiger partial charge in [-0.3, -0.25) is 10.1 Å². The molecule has 6 heteroatoms. The van der Waals surface area contributed by atoms with E-state index in [1.807, 2.05) is 6.92 Å². The van der Waals surface area contributed by atoms with Gasteiger partial charge in [0.25, 0.3) is 5.91 Å². The molecule has 1 aromatic carbocycles. The van der Waals surface area contributed by atoms with Crippen molar-refractivity contribution in [3.05, 3.63) is 52.3 Å². The molecule has 0 saturated carbocycles. The van der Waals surface area contributed by atoms with Gasteiger partial charge in [-0.25, -0.2) is 4.98 Å². The molecule has 0 saturated heterocycles. The maximum atomic E-state index is 12.1. The van der Waals surface area contributed by atoms with Gasteiger partial charge in [0.15, 0.2) is 10.9 Å². The average Bonchev–Trinajstić information content (AvgIpc) is 3.23. The molecular weight excluding hydrogens is 324 g/mol. The third-order valence-electron chi connectivity index (χ3n) is 4.16. The van der Waals surface area contributed by atoms with Gasteiger partial charge in [-0.15, -0.1) is 11.3 Å². The minimum atomic E-state index is -0.280. The van der Waals surface area contributed by atoms with Gasteiger partial charge in [0.1, 0.15) is 5.75 Å². The number of carbonyl (C=O) groups is 1. The molecule has 0 atom stereocenters. The molecule has 122 valence electrons. The SMILES string of the molecule is COc1cc2c(cc1C)-c1nc(NC(=O)c3ccco3)sc1CC2. The number of furan rings is 1. The first-order valence-electron chi connectivity index (χ1n) is 7.68. The Balaban J connectivity index is 1.68. The Morgan fingerprint density at radius 3 is 3.00 bits per heavy atom. The highest BCUT2D eigenvalue weighted by Gasteiger charge is 2.23. The van der Waals surface area contributed by atoms with Crippen LogP contribution in [0.2, 0.25) is 0 Å². The normalized spacial score (nSPS) is 12.4. The van der Waals surface area contributed by atoms with E-state index in [1.54, 1.807) is 19.2 Å². The number of carbonyl (C=O) groups excluding carboxylic acids is 1. The number of rotatable bonds is 3. The first kappa shape index (κ1) is 15.0. The fourth-order valence-electron chi connectivity index (χ4n) is 2.98. The van der Waals surface area contributed by atoms with E-state index < -0.39 is 0 Å². The number of anilines is 1. The fraction of sp³-hybridized carbons (Fsp3) is 0.222. The molecule has 0 bridgehead atoms. The Bertz CT molecular complexity index is 913. The van der Waals surface area contributed by atoms with Crippen LogP contribution in [0, 0.1) is 6.92 Å². The summed E-state index contributed by atoms with van der Waals surface area (Å²) in [7, 11) is 1.69. The van der Waals surface area contributed by atoms with Crippen LogP contribution in [0.1, 0.15) is 26.6 Å². The molecule has 24 heavy (non-hydrogen) atoms. The number of thiazole rings is 1. The molecule has 4 rings (SSSR count). The predicted molar refractivity (Wildman–Crippen MR) is 92.9 cm³/mol. The standard InChI is InChI=1S/C18H16N2O3S/c1-10-8-12-11(9-14(10)22-2)5-6-15-16(12)19-18(24-15)20-17(21)13-4-3-7-23-13/h3-4,7-9H,5-6H2,1-2H3,(H,19,20,21). The molecule has 1 amide bonds. The van der Waals surface area contributed by atoms with Gasteiger partial charge < -0.3 is 9.15 Å². The predicted octanol–water partition coefficient (Wildman–Crippen LogP) is 4.07. The average molecular weight is 340 g/mol. The Labute approximate surface area is 143 Å². The molecule has 1 N–H and O–H groups in total. The highest BCUT2D eigenvalue weighted by atomic mass is 32.1. The summed E-state index contributed by atoms with van der Waals surface area (Å²) < 4.78 is 10.5. The molecule has 0 fully saturated rings. The van der Waals surface area contributed by atoms with Crippen LogP contribution in [0.3, 0.4) is 0 Å². The molecule has 0 aliphatic heterocycles. The Hall–Kier alpha value is -2.60. The molecular formula is C18H16N2O3S. The van der Waals surface area contributed by atoms with Crippen LogP contribution in [-0.2, 0) is 12.8 Å². The number of methoxy groups -OCH3 is 1. The van der Waals surface area contributed by atoms with Crippen LogP contribution in [0.15, 0.2) is 34.9 Å². The van der Waals surface area contributed by atoms with Gasteiger partial charge in [-0.05, 0) is 55.2 Å². The van der Waals surface area contributed by atoms with E-state index in [0.29, 0.717) is 5.13 Å². The number of benzene rings is 1. The van der Waals surface area contributed by atoms with E-state index in [-0.39, 0.29) is 11.7 Å². The molecule has 1 aliphatic rings. The number of fused-ring (bicyclic) bond motifs is 3. The summed E-state index contributed by atoms with van der Waals surface area (Å²) in [5.74, 6) is 0.903. The second-order valence-electron chi connectivity index (χ2n) is 5.70. The van der Waals surface area contributed by atoms with Crippen molar-refractivity contribution in [2.75, 3.05) is 12.4 Å². The van der Waals surface area contributed by atoms with E-state index >= 15 is 0 Å². The van der Waals surface area contributed by atoms with Crippen molar-refractivity contribution < 1.29 is 13.9 Å². The van der Waals surface area contributed by atoms with Crippen molar-refractivity contribution in [2.45, 2.75) is 19.8 Å². The Kier molecular flexibility index (Phi) is 3.61. The smallest absolute Gasteiger partial charge is 0.293 e. The van der Waals surface area contributed by atoms with Crippen molar-refractivity contribution in [2.24, 2.45) is 0 Å². The van der Waals surface area contributed by atoms with E-state index in [4.69, 9.17) is 9.15 Å². The number of nitrogens with zero attached hydrogens (tertiary/aromatic N) is 1. The third kappa shape index (κ3) is 2.49. The molecule has 3 aromatic rings. The molecule has 1 aliphatic carbocycles. The largest absolute Gasteiger partial charge is 0.496 e. The van der Waals surface area contributed by atoms with E-state index in [2.05, 4.69) is 22.4 Å². The third-order valence-corrected chi connectivity index (χ3v) is 5.19. The lowest BCUT2D eigenvalue weighted by atomic mass is 9.91. The summed E-state index contributed by atoms with van der Waals surface area (Å²) >= 11 is 1.52. The van der Waals surface area contributed by atoms with Gasteiger partial charge in [-0.1, -0.05) is 0 Å². The number of ether oxygens (including phenoxy) is 1. The summed E-state index contributed by atoms with van der Waals surface area (Å²) in [4.78, 5) is 18.0.